The van der Waals surface area contributed by atoms with E-state index in [9.17, 15) is 14.0 Å². The summed E-state index contributed by atoms with van der Waals surface area (Å²) < 4.78 is 24.0. The van der Waals surface area contributed by atoms with Gasteiger partial charge in [0.15, 0.2) is 0 Å². The highest BCUT2D eigenvalue weighted by atomic mass is 19.1. The highest BCUT2D eigenvalue weighted by molar-refractivity contribution is 5.76. The first-order chi connectivity index (χ1) is 14.8. The molecule has 1 aromatic heterocycles. The Morgan fingerprint density at radius 3 is 2.68 bits per heavy atom. The molecule has 1 aliphatic heterocycles. The maximum atomic E-state index is 13.4. The van der Waals surface area contributed by atoms with Gasteiger partial charge in [0.2, 0.25) is 17.6 Å². The molecule has 1 saturated heterocycles. The van der Waals surface area contributed by atoms with Crippen LogP contribution in [-0.4, -0.2) is 64.7 Å². The molecule has 2 amide bonds. The van der Waals surface area contributed by atoms with Gasteiger partial charge in [-0.25, -0.2) is 9.18 Å². The maximum absolute atomic E-state index is 13.4. The zero-order valence-electron chi connectivity index (χ0n) is 18.3. The molecule has 3 rings (SSSR count). The van der Waals surface area contributed by atoms with Crippen LogP contribution in [0, 0.1) is 18.7 Å². The van der Waals surface area contributed by atoms with Crippen molar-refractivity contribution in [2.75, 3.05) is 32.8 Å². The van der Waals surface area contributed by atoms with E-state index in [-0.39, 0.29) is 30.2 Å². The summed E-state index contributed by atoms with van der Waals surface area (Å²) in [5.74, 6) is 0.707. The molecule has 1 aliphatic rings. The Kier molecular flexibility index (Phi) is 7.59. The number of carbonyl (C=O) groups excluding carboxylic acids is 2. The number of hydrogen-bond donors (Lipinski definition) is 0. The summed E-state index contributed by atoms with van der Waals surface area (Å²) in [7, 11) is 0. The molecule has 0 unspecified atom stereocenters. The molecule has 0 spiro atoms. The minimum Gasteiger partial charge on any atom is -0.449 e. The van der Waals surface area contributed by atoms with Crippen molar-refractivity contribution >= 4 is 12.0 Å². The van der Waals surface area contributed by atoms with E-state index in [0.717, 1.165) is 0 Å². The first-order valence-corrected chi connectivity index (χ1v) is 10.6. The van der Waals surface area contributed by atoms with Crippen molar-refractivity contribution < 1.29 is 23.2 Å². The average Bonchev–Trinajstić information content (AvgIpc) is 3.08. The Morgan fingerprint density at radius 2 is 1.94 bits per heavy atom. The fraction of sp³-hybridized carbons (Fsp3) is 0.545. The van der Waals surface area contributed by atoms with Gasteiger partial charge in [-0.1, -0.05) is 19.0 Å². The molecule has 1 fully saturated rings. The van der Waals surface area contributed by atoms with Crippen LogP contribution in [0.5, 0.6) is 0 Å². The number of nitrogens with zero attached hydrogens (tertiary/aromatic N) is 4. The van der Waals surface area contributed by atoms with E-state index >= 15 is 0 Å². The van der Waals surface area contributed by atoms with Crippen molar-refractivity contribution in [3.05, 3.63) is 35.5 Å². The third kappa shape index (κ3) is 6.26. The predicted octanol–water partition coefficient (Wildman–Crippen LogP) is 3.44. The van der Waals surface area contributed by atoms with Crippen molar-refractivity contribution in [3.63, 3.8) is 0 Å². The van der Waals surface area contributed by atoms with Gasteiger partial charge in [0.1, 0.15) is 5.82 Å². The number of aromatic nitrogens is 2. The molecule has 0 bridgehead atoms. The van der Waals surface area contributed by atoms with Crippen molar-refractivity contribution in [1.29, 1.82) is 0 Å². The van der Waals surface area contributed by atoms with Crippen LogP contribution in [-0.2, 0) is 16.0 Å². The Bertz CT molecular complexity index is 915. The second-order valence-electron chi connectivity index (χ2n) is 8.17. The molecular formula is C22H29FN4O4. The topological polar surface area (TPSA) is 88.8 Å². The van der Waals surface area contributed by atoms with Gasteiger partial charge < -0.3 is 19.1 Å². The second kappa shape index (κ2) is 10.4. The van der Waals surface area contributed by atoms with Gasteiger partial charge in [0, 0.05) is 44.6 Å². The van der Waals surface area contributed by atoms with Gasteiger partial charge in [-0.3, -0.25) is 4.79 Å². The van der Waals surface area contributed by atoms with Gasteiger partial charge >= 0.3 is 6.09 Å². The minimum absolute atomic E-state index is 0.0187. The Balaban J connectivity index is 1.49. The second-order valence-corrected chi connectivity index (χ2v) is 8.17. The van der Waals surface area contributed by atoms with E-state index in [0.29, 0.717) is 68.5 Å². The lowest BCUT2D eigenvalue weighted by Crippen LogP contribution is -2.38. The van der Waals surface area contributed by atoms with E-state index in [4.69, 9.17) is 9.26 Å². The normalized spacial score (nSPS) is 14.6. The maximum Gasteiger partial charge on any atom is 0.409 e. The van der Waals surface area contributed by atoms with Crippen molar-refractivity contribution in [2.24, 2.45) is 5.92 Å². The first-order valence-electron chi connectivity index (χ1n) is 10.6. The van der Waals surface area contributed by atoms with Crippen molar-refractivity contribution in [1.82, 2.24) is 19.9 Å². The van der Waals surface area contributed by atoms with Crippen LogP contribution in [0.1, 0.15) is 38.1 Å². The van der Waals surface area contributed by atoms with Crippen LogP contribution in [0.2, 0.25) is 0 Å². The zero-order chi connectivity index (χ0) is 22.4. The van der Waals surface area contributed by atoms with Crippen LogP contribution in [0.3, 0.4) is 0 Å². The van der Waals surface area contributed by atoms with Crippen LogP contribution in [0.4, 0.5) is 9.18 Å². The molecule has 8 nitrogen and oxygen atoms in total. The predicted molar refractivity (Wildman–Crippen MR) is 112 cm³/mol. The van der Waals surface area contributed by atoms with Crippen LogP contribution in [0.15, 0.2) is 22.7 Å². The molecule has 0 atom stereocenters. The minimum atomic E-state index is -0.322. The number of ether oxygens (including phenoxy) is 1. The third-order valence-electron chi connectivity index (χ3n) is 5.08. The molecule has 1 aromatic carbocycles. The van der Waals surface area contributed by atoms with E-state index < -0.39 is 0 Å². The van der Waals surface area contributed by atoms with Gasteiger partial charge in [-0.15, -0.1) is 0 Å². The highest BCUT2D eigenvalue weighted by Gasteiger charge is 2.23. The molecule has 0 radical (unpaired) electrons. The monoisotopic (exact) mass is 432 g/mol. The van der Waals surface area contributed by atoms with Crippen LogP contribution >= 0.6 is 0 Å². The number of aryl methyl sites for hydroxylation is 2. The summed E-state index contributed by atoms with van der Waals surface area (Å²) >= 11 is 0. The molecule has 31 heavy (non-hydrogen) atoms. The zero-order valence-corrected chi connectivity index (χ0v) is 18.3. The van der Waals surface area contributed by atoms with E-state index in [2.05, 4.69) is 10.1 Å². The third-order valence-corrected chi connectivity index (χ3v) is 5.08. The van der Waals surface area contributed by atoms with E-state index in [1.807, 2.05) is 13.8 Å². The number of amides is 2. The lowest BCUT2D eigenvalue weighted by atomic mass is 10.1. The smallest absolute Gasteiger partial charge is 0.409 e. The SMILES string of the molecule is Cc1cc(-c2noc(CCC(=O)N3CCCN(C(=O)OCC(C)C)CC3)n2)ccc1F. The first kappa shape index (κ1) is 22.7. The van der Waals surface area contributed by atoms with E-state index in [1.165, 1.54) is 6.07 Å². The molecule has 0 aliphatic carbocycles. The van der Waals surface area contributed by atoms with Gasteiger partial charge in [0.05, 0.1) is 6.61 Å². The van der Waals surface area contributed by atoms with E-state index in [1.54, 1.807) is 28.9 Å². The lowest BCUT2D eigenvalue weighted by Gasteiger charge is -2.22. The standard InChI is InChI=1S/C22H29FN4O4/c1-15(2)14-30-22(29)27-10-4-9-26(11-12-27)20(28)8-7-19-24-21(25-31-19)17-5-6-18(23)16(3)13-17/h5-6,13,15H,4,7-12,14H2,1-3H3. The molecule has 168 valence electrons. The lowest BCUT2D eigenvalue weighted by molar-refractivity contribution is -0.131. The largest absolute Gasteiger partial charge is 0.449 e. The van der Waals surface area contributed by atoms with Crippen molar-refractivity contribution in [2.45, 2.75) is 40.0 Å². The fourth-order valence-electron chi connectivity index (χ4n) is 3.31. The van der Waals surface area contributed by atoms with Crippen LogP contribution in [0.25, 0.3) is 11.4 Å². The molecular weight excluding hydrogens is 403 g/mol. The van der Waals surface area contributed by atoms with Crippen LogP contribution < -0.4 is 0 Å². The molecule has 2 aromatic rings. The summed E-state index contributed by atoms with van der Waals surface area (Å²) in [6.45, 7) is 8.14. The Morgan fingerprint density at radius 1 is 1.19 bits per heavy atom. The van der Waals surface area contributed by atoms with Gasteiger partial charge in [-0.05, 0) is 43.0 Å². The number of hydrogen-bond acceptors (Lipinski definition) is 6. The number of halogens is 1. The molecule has 2 heterocycles. The Labute approximate surface area is 181 Å². The quantitative estimate of drug-likeness (QED) is 0.695. The summed E-state index contributed by atoms with van der Waals surface area (Å²) in [4.78, 5) is 32.5. The van der Waals surface area contributed by atoms with Gasteiger partial charge in [0.25, 0.3) is 0 Å². The number of rotatable bonds is 6. The average molecular weight is 432 g/mol. The summed E-state index contributed by atoms with van der Waals surface area (Å²) in [6, 6.07) is 4.62. The summed E-state index contributed by atoms with van der Waals surface area (Å²) in [5.41, 5.74) is 1.17. The molecule has 0 saturated carbocycles. The molecule has 0 N–H and O–H groups in total. The number of carbonyl (C=O) groups is 2. The summed E-state index contributed by atoms with van der Waals surface area (Å²) in [6.07, 6.45) is 0.944. The summed E-state index contributed by atoms with van der Waals surface area (Å²) in [5, 5.41) is 3.93. The number of benzene rings is 1. The fourth-order valence-corrected chi connectivity index (χ4v) is 3.31. The highest BCUT2D eigenvalue weighted by Crippen LogP contribution is 2.19. The van der Waals surface area contributed by atoms with Crippen molar-refractivity contribution in [3.8, 4) is 11.4 Å². The Hall–Kier alpha value is -2.97. The molecule has 9 heteroatoms. The van der Waals surface area contributed by atoms with Gasteiger partial charge in [-0.2, -0.15) is 4.98 Å².